The Morgan fingerprint density at radius 3 is 2.76 bits per heavy atom. The van der Waals surface area contributed by atoms with Gasteiger partial charge in [-0.15, -0.1) is 5.10 Å². The van der Waals surface area contributed by atoms with Crippen LogP contribution in [0.15, 0.2) is 30.5 Å². The summed E-state index contributed by atoms with van der Waals surface area (Å²) in [5, 5.41) is 10.7. The Morgan fingerprint density at radius 1 is 1.24 bits per heavy atom. The molecule has 2 fully saturated rings. The van der Waals surface area contributed by atoms with Crippen molar-refractivity contribution < 1.29 is 14.0 Å². The van der Waals surface area contributed by atoms with Gasteiger partial charge in [0.1, 0.15) is 22.7 Å². The molecule has 25 heavy (non-hydrogen) atoms. The highest BCUT2D eigenvalue weighted by Gasteiger charge is 2.51. The normalized spacial score (nSPS) is 19.5. The largest absolute Gasteiger partial charge is 0.325 e. The number of benzene rings is 1. The monoisotopic (exact) mass is 361 g/mol. The molecule has 9 heteroatoms. The maximum absolute atomic E-state index is 13.8. The van der Waals surface area contributed by atoms with Gasteiger partial charge in [-0.1, -0.05) is 17.3 Å². The van der Waals surface area contributed by atoms with Crippen LogP contribution in [0.5, 0.6) is 0 Å². The van der Waals surface area contributed by atoms with Crippen LogP contribution in [0.1, 0.15) is 18.5 Å². The number of halogens is 1. The van der Waals surface area contributed by atoms with E-state index in [0.29, 0.717) is 18.5 Å². The Morgan fingerprint density at radius 2 is 2.00 bits per heavy atom. The molecule has 4 rings (SSSR count). The van der Waals surface area contributed by atoms with Crippen molar-refractivity contribution in [1.29, 1.82) is 0 Å². The van der Waals surface area contributed by atoms with Crippen LogP contribution in [-0.2, 0) is 11.3 Å². The van der Waals surface area contributed by atoms with Crippen molar-refractivity contribution in [1.82, 2.24) is 25.2 Å². The molecule has 0 aliphatic carbocycles. The minimum absolute atomic E-state index is 0.0218. The van der Waals surface area contributed by atoms with E-state index in [1.54, 1.807) is 30.0 Å². The van der Waals surface area contributed by atoms with E-state index in [9.17, 15) is 14.0 Å². The number of para-hydroxylation sites is 1. The first-order chi connectivity index (χ1) is 12.1. The lowest BCUT2D eigenvalue weighted by molar-refractivity contribution is -0.132. The number of carbonyl (C=O) groups is 2. The number of nitrogens with one attached hydrogen (secondary N) is 1. The van der Waals surface area contributed by atoms with E-state index in [4.69, 9.17) is 0 Å². The van der Waals surface area contributed by atoms with Crippen LogP contribution in [0, 0.1) is 5.82 Å². The Hall–Kier alpha value is -2.42. The second-order valence-electron chi connectivity index (χ2n) is 6.12. The van der Waals surface area contributed by atoms with Gasteiger partial charge in [0.15, 0.2) is 0 Å². The molecule has 0 saturated carbocycles. The molecule has 2 aliphatic rings. The fourth-order valence-electron chi connectivity index (χ4n) is 3.17. The third kappa shape index (κ3) is 2.78. The minimum atomic E-state index is -0.774. The molecule has 0 unspecified atom stereocenters. The summed E-state index contributed by atoms with van der Waals surface area (Å²) >= 11 is 1.78. The molecule has 0 bridgehead atoms. The number of thioether (sulfide) groups is 1. The van der Waals surface area contributed by atoms with Crippen LogP contribution in [0.2, 0.25) is 0 Å². The molecule has 3 heterocycles. The van der Waals surface area contributed by atoms with E-state index >= 15 is 0 Å². The highest BCUT2D eigenvalue weighted by molar-refractivity contribution is 7.99. The molecule has 1 aromatic heterocycles. The standard InChI is InChI=1S/C16H16FN5O2S/c17-12-3-1-2-4-13(12)22-10-11(19-20-22)9-21-14(23)16(18-15(21)24)5-7-25-8-6-16/h1-4,10H,5-9H2,(H,18,24). The van der Waals surface area contributed by atoms with Crippen molar-refractivity contribution in [3.05, 3.63) is 42.0 Å². The molecule has 7 nitrogen and oxygen atoms in total. The van der Waals surface area contributed by atoms with Gasteiger partial charge in [0, 0.05) is 0 Å². The smallest absolute Gasteiger partial charge is 0.323 e. The summed E-state index contributed by atoms with van der Waals surface area (Å²) < 4.78 is 15.1. The first-order valence-corrected chi connectivity index (χ1v) is 9.12. The van der Waals surface area contributed by atoms with Crippen LogP contribution in [0.25, 0.3) is 5.69 Å². The predicted molar refractivity (Wildman–Crippen MR) is 89.7 cm³/mol. The number of hydrogen-bond acceptors (Lipinski definition) is 5. The summed E-state index contributed by atoms with van der Waals surface area (Å²) in [4.78, 5) is 26.2. The Balaban J connectivity index is 1.54. The third-order valence-corrected chi connectivity index (χ3v) is 5.54. The van der Waals surface area contributed by atoms with Crippen molar-refractivity contribution in [3.8, 4) is 5.69 Å². The number of imide groups is 1. The van der Waals surface area contributed by atoms with Gasteiger partial charge in [-0.2, -0.15) is 11.8 Å². The summed E-state index contributed by atoms with van der Waals surface area (Å²) in [7, 11) is 0. The molecular formula is C16H16FN5O2S. The van der Waals surface area contributed by atoms with Gasteiger partial charge in [-0.05, 0) is 36.5 Å². The number of nitrogens with zero attached hydrogens (tertiary/aromatic N) is 4. The fourth-order valence-corrected chi connectivity index (χ4v) is 4.36. The van der Waals surface area contributed by atoms with E-state index < -0.39 is 17.4 Å². The van der Waals surface area contributed by atoms with Crippen molar-refractivity contribution in [2.75, 3.05) is 11.5 Å². The van der Waals surface area contributed by atoms with Gasteiger partial charge in [0.05, 0.1) is 12.7 Å². The van der Waals surface area contributed by atoms with E-state index in [-0.39, 0.29) is 18.1 Å². The third-order valence-electron chi connectivity index (χ3n) is 4.55. The topological polar surface area (TPSA) is 80.1 Å². The van der Waals surface area contributed by atoms with E-state index in [1.165, 1.54) is 21.8 Å². The quantitative estimate of drug-likeness (QED) is 0.842. The van der Waals surface area contributed by atoms with Gasteiger partial charge < -0.3 is 5.32 Å². The van der Waals surface area contributed by atoms with Crippen LogP contribution >= 0.6 is 11.8 Å². The average Bonchev–Trinajstić information content (AvgIpc) is 3.16. The summed E-state index contributed by atoms with van der Waals surface area (Å²) in [5.41, 5.74) is -0.0858. The average molecular weight is 361 g/mol. The molecule has 0 atom stereocenters. The lowest BCUT2D eigenvalue weighted by Gasteiger charge is -2.30. The van der Waals surface area contributed by atoms with Crippen LogP contribution in [-0.4, -0.2) is 48.9 Å². The Labute approximate surface area is 147 Å². The number of amides is 3. The summed E-state index contributed by atoms with van der Waals surface area (Å²) in [5.74, 6) is 1.07. The highest BCUT2D eigenvalue weighted by atomic mass is 32.2. The number of urea groups is 1. The molecule has 1 spiro atoms. The molecule has 130 valence electrons. The minimum Gasteiger partial charge on any atom is -0.323 e. The molecule has 2 aliphatic heterocycles. The fraction of sp³-hybridized carbons (Fsp3) is 0.375. The second-order valence-corrected chi connectivity index (χ2v) is 7.35. The second kappa shape index (κ2) is 6.14. The SMILES string of the molecule is O=C1NC2(CCSCC2)C(=O)N1Cc1cn(-c2ccccc2F)nn1. The molecule has 1 N–H and O–H groups in total. The van der Waals surface area contributed by atoms with Gasteiger partial charge >= 0.3 is 6.03 Å². The van der Waals surface area contributed by atoms with Crippen molar-refractivity contribution in [2.24, 2.45) is 0 Å². The lowest BCUT2D eigenvalue weighted by Crippen LogP contribution is -2.49. The molecule has 1 aromatic carbocycles. The van der Waals surface area contributed by atoms with Crippen LogP contribution in [0.3, 0.4) is 0 Å². The van der Waals surface area contributed by atoms with Gasteiger partial charge in [0.2, 0.25) is 0 Å². The van der Waals surface area contributed by atoms with Gasteiger partial charge in [-0.25, -0.2) is 13.9 Å². The van der Waals surface area contributed by atoms with E-state index in [2.05, 4.69) is 15.6 Å². The number of rotatable bonds is 3. The summed E-state index contributed by atoms with van der Waals surface area (Å²) in [6.45, 7) is 0.0218. The molecular weight excluding hydrogens is 345 g/mol. The first kappa shape index (κ1) is 16.1. The predicted octanol–water partition coefficient (Wildman–Crippen LogP) is 1.72. The van der Waals surface area contributed by atoms with Crippen molar-refractivity contribution in [3.63, 3.8) is 0 Å². The van der Waals surface area contributed by atoms with Crippen LogP contribution in [0.4, 0.5) is 9.18 Å². The molecule has 3 amide bonds. The highest BCUT2D eigenvalue weighted by Crippen LogP contribution is 2.33. The maximum Gasteiger partial charge on any atom is 0.325 e. The lowest BCUT2D eigenvalue weighted by atomic mass is 9.92. The maximum atomic E-state index is 13.8. The number of carbonyl (C=O) groups excluding carboxylic acids is 2. The van der Waals surface area contributed by atoms with Gasteiger partial charge in [0.25, 0.3) is 5.91 Å². The van der Waals surface area contributed by atoms with Crippen molar-refractivity contribution in [2.45, 2.75) is 24.9 Å². The van der Waals surface area contributed by atoms with E-state index in [0.717, 1.165) is 11.5 Å². The Bertz CT molecular complexity index is 833. The van der Waals surface area contributed by atoms with Crippen molar-refractivity contribution >= 4 is 23.7 Å². The zero-order valence-corrected chi connectivity index (χ0v) is 14.1. The molecule has 0 radical (unpaired) electrons. The Kier molecular flexibility index (Phi) is 3.95. The zero-order chi connectivity index (χ0) is 17.4. The number of aromatic nitrogens is 3. The van der Waals surface area contributed by atoms with E-state index in [1.807, 2.05) is 0 Å². The number of hydrogen-bond donors (Lipinski definition) is 1. The van der Waals surface area contributed by atoms with Crippen LogP contribution < -0.4 is 5.32 Å². The summed E-state index contributed by atoms with van der Waals surface area (Å²) in [6, 6.07) is 5.79. The van der Waals surface area contributed by atoms with Gasteiger partial charge in [-0.3, -0.25) is 9.69 Å². The molecule has 2 aromatic rings. The zero-order valence-electron chi connectivity index (χ0n) is 13.3. The summed E-state index contributed by atoms with van der Waals surface area (Å²) in [6.07, 6.45) is 2.81. The molecule has 2 saturated heterocycles. The first-order valence-electron chi connectivity index (χ1n) is 7.97.